The first-order chi connectivity index (χ1) is 9.91. The quantitative estimate of drug-likeness (QED) is 0.617. The van der Waals surface area contributed by atoms with Crippen molar-refractivity contribution in [3.63, 3.8) is 0 Å². The Balaban J connectivity index is 2.35. The van der Waals surface area contributed by atoms with Gasteiger partial charge in [-0.25, -0.2) is 4.79 Å². The smallest absolute Gasteiger partial charge is 0.268 e. The van der Waals surface area contributed by atoms with Gasteiger partial charge in [-0.15, -0.1) is 0 Å². The second-order valence-corrected chi connectivity index (χ2v) is 4.87. The van der Waals surface area contributed by atoms with Crippen LogP contribution in [0.25, 0.3) is 6.08 Å². The lowest BCUT2D eigenvalue weighted by Gasteiger charge is -2.28. The standard InChI is InChI=1S/C16H16N2O3/c1-11(9-12-7-5-4-6-8-12)10-13-14(19)17(2)16(21)18(3)15(13)20/h4-10H,1-3H3/b11-9+. The van der Waals surface area contributed by atoms with Gasteiger partial charge >= 0.3 is 6.03 Å². The van der Waals surface area contributed by atoms with Gasteiger partial charge in [-0.2, -0.15) is 0 Å². The Hall–Kier alpha value is -2.69. The van der Waals surface area contributed by atoms with Gasteiger partial charge in [-0.1, -0.05) is 36.4 Å². The van der Waals surface area contributed by atoms with Crippen molar-refractivity contribution in [2.24, 2.45) is 0 Å². The van der Waals surface area contributed by atoms with Crippen molar-refractivity contribution in [2.75, 3.05) is 14.1 Å². The summed E-state index contributed by atoms with van der Waals surface area (Å²) in [6, 6.07) is 8.95. The Bertz CT molecular complexity index is 633. The van der Waals surface area contributed by atoms with E-state index in [-0.39, 0.29) is 5.57 Å². The number of nitrogens with zero attached hydrogens (tertiary/aromatic N) is 2. The number of hydrogen-bond donors (Lipinski definition) is 0. The van der Waals surface area contributed by atoms with Gasteiger partial charge < -0.3 is 0 Å². The van der Waals surface area contributed by atoms with Gasteiger partial charge in [-0.05, 0) is 24.1 Å². The molecule has 1 aliphatic heterocycles. The second kappa shape index (κ2) is 5.75. The van der Waals surface area contributed by atoms with Crippen LogP contribution in [0.5, 0.6) is 0 Å². The lowest BCUT2D eigenvalue weighted by molar-refractivity contribution is -0.134. The fraction of sp³-hybridized carbons (Fsp3) is 0.188. The third-order valence-electron chi connectivity index (χ3n) is 3.21. The fourth-order valence-corrected chi connectivity index (χ4v) is 2.06. The van der Waals surface area contributed by atoms with E-state index in [0.29, 0.717) is 0 Å². The predicted molar refractivity (Wildman–Crippen MR) is 79.1 cm³/mol. The summed E-state index contributed by atoms with van der Waals surface area (Å²) in [6.45, 7) is 1.80. The molecule has 0 unspecified atom stereocenters. The minimum Gasteiger partial charge on any atom is -0.268 e. The summed E-state index contributed by atoms with van der Waals surface area (Å²) in [6.07, 6.45) is 3.38. The number of benzene rings is 1. The van der Waals surface area contributed by atoms with E-state index in [2.05, 4.69) is 0 Å². The normalized spacial score (nSPS) is 16.6. The van der Waals surface area contributed by atoms with E-state index in [9.17, 15) is 14.4 Å². The van der Waals surface area contributed by atoms with Gasteiger partial charge in [0.25, 0.3) is 11.8 Å². The molecule has 0 bridgehead atoms. The number of carbonyl (C=O) groups excluding carboxylic acids is 3. The zero-order valence-electron chi connectivity index (χ0n) is 12.2. The minimum absolute atomic E-state index is 0.00992. The van der Waals surface area contributed by atoms with Crippen LogP contribution in [-0.4, -0.2) is 41.7 Å². The molecule has 0 radical (unpaired) electrons. The molecule has 0 aromatic heterocycles. The van der Waals surface area contributed by atoms with Gasteiger partial charge in [0.1, 0.15) is 5.57 Å². The number of likely N-dealkylation sites (N-methyl/N-ethyl adjacent to an activating group) is 2. The molecule has 0 N–H and O–H groups in total. The van der Waals surface area contributed by atoms with E-state index < -0.39 is 17.8 Å². The van der Waals surface area contributed by atoms with Crippen molar-refractivity contribution >= 4 is 23.9 Å². The highest BCUT2D eigenvalue weighted by atomic mass is 16.2. The van der Waals surface area contributed by atoms with Crippen LogP contribution in [0.1, 0.15) is 12.5 Å². The summed E-state index contributed by atoms with van der Waals surface area (Å²) in [7, 11) is 2.72. The van der Waals surface area contributed by atoms with Gasteiger partial charge in [0.15, 0.2) is 0 Å². The van der Waals surface area contributed by atoms with E-state index in [1.807, 2.05) is 36.4 Å². The molecule has 1 heterocycles. The Morgan fingerprint density at radius 3 is 2.00 bits per heavy atom. The molecule has 2 rings (SSSR count). The average Bonchev–Trinajstić information content (AvgIpc) is 2.48. The summed E-state index contributed by atoms with van der Waals surface area (Å²) >= 11 is 0. The summed E-state index contributed by atoms with van der Waals surface area (Å²) in [5.41, 5.74) is 1.72. The first kappa shape index (κ1) is 14.7. The van der Waals surface area contributed by atoms with Gasteiger partial charge in [0, 0.05) is 14.1 Å². The molecule has 4 amide bonds. The largest absolute Gasteiger partial charge is 0.333 e. The van der Waals surface area contributed by atoms with Crippen molar-refractivity contribution in [3.8, 4) is 0 Å². The van der Waals surface area contributed by atoms with Crippen molar-refractivity contribution in [3.05, 3.63) is 53.1 Å². The average molecular weight is 284 g/mol. The van der Waals surface area contributed by atoms with Crippen molar-refractivity contribution in [1.29, 1.82) is 0 Å². The van der Waals surface area contributed by atoms with Crippen LogP contribution < -0.4 is 0 Å². The first-order valence-corrected chi connectivity index (χ1v) is 6.47. The maximum Gasteiger partial charge on any atom is 0.333 e. The maximum atomic E-state index is 12.0. The fourth-order valence-electron chi connectivity index (χ4n) is 2.06. The van der Waals surface area contributed by atoms with Crippen LogP contribution in [0.4, 0.5) is 4.79 Å². The topological polar surface area (TPSA) is 57.7 Å². The molecule has 0 aliphatic carbocycles. The summed E-state index contributed by atoms with van der Waals surface area (Å²) < 4.78 is 0. The van der Waals surface area contributed by atoms with Crippen LogP contribution in [-0.2, 0) is 9.59 Å². The van der Waals surface area contributed by atoms with Gasteiger partial charge in [0.05, 0.1) is 0 Å². The number of carbonyl (C=O) groups is 3. The van der Waals surface area contributed by atoms with E-state index in [0.717, 1.165) is 20.9 Å². The Morgan fingerprint density at radius 2 is 1.48 bits per heavy atom. The Kier molecular flexibility index (Phi) is 4.03. The molecule has 1 aliphatic rings. The Labute approximate surface area is 123 Å². The van der Waals surface area contributed by atoms with Crippen LogP contribution in [0.3, 0.4) is 0 Å². The molecule has 1 aromatic carbocycles. The predicted octanol–water partition coefficient (Wildman–Crippen LogP) is 2.07. The van der Waals surface area contributed by atoms with Crippen LogP contribution in [0.15, 0.2) is 47.6 Å². The zero-order valence-corrected chi connectivity index (χ0v) is 12.2. The third-order valence-corrected chi connectivity index (χ3v) is 3.21. The van der Waals surface area contributed by atoms with Crippen molar-refractivity contribution in [1.82, 2.24) is 9.80 Å². The number of amides is 4. The van der Waals surface area contributed by atoms with Gasteiger partial charge in [-0.3, -0.25) is 19.4 Å². The van der Waals surface area contributed by atoms with Crippen molar-refractivity contribution in [2.45, 2.75) is 6.92 Å². The Morgan fingerprint density at radius 1 is 0.952 bits per heavy atom. The molecule has 1 fully saturated rings. The first-order valence-electron chi connectivity index (χ1n) is 6.47. The molecule has 108 valence electrons. The molecule has 0 spiro atoms. The molecule has 21 heavy (non-hydrogen) atoms. The highest BCUT2D eigenvalue weighted by molar-refractivity contribution is 6.28. The lowest BCUT2D eigenvalue weighted by Crippen LogP contribution is -2.53. The number of urea groups is 1. The molecule has 1 aromatic rings. The molecular weight excluding hydrogens is 268 g/mol. The zero-order chi connectivity index (χ0) is 15.6. The number of rotatable bonds is 2. The van der Waals surface area contributed by atoms with E-state index >= 15 is 0 Å². The van der Waals surface area contributed by atoms with Crippen molar-refractivity contribution < 1.29 is 14.4 Å². The van der Waals surface area contributed by atoms with Crippen LogP contribution in [0.2, 0.25) is 0 Å². The summed E-state index contributed by atoms with van der Waals surface area (Å²) in [5, 5.41) is 0. The minimum atomic E-state index is -0.619. The number of hydrogen-bond acceptors (Lipinski definition) is 3. The molecular formula is C16H16N2O3. The molecule has 0 saturated carbocycles. The van der Waals surface area contributed by atoms with Crippen LogP contribution in [0, 0.1) is 0 Å². The lowest BCUT2D eigenvalue weighted by atomic mass is 10.1. The SMILES string of the molecule is C/C(C=C1C(=O)N(C)C(=O)N(C)C1=O)=C\c1ccccc1. The van der Waals surface area contributed by atoms with Crippen LogP contribution >= 0.6 is 0 Å². The third kappa shape index (κ3) is 2.91. The molecule has 5 nitrogen and oxygen atoms in total. The maximum absolute atomic E-state index is 12.0. The second-order valence-electron chi connectivity index (χ2n) is 4.87. The highest BCUT2D eigenvalue weighted by Gasteiger charge is 2.37. The molecule has 5 heteroatoms. The summed E-state index contributed by atoms with van der Waals surface area (Å²) in [4.78, 5) is 37.6. The molecule has 0 atom stereocenters. The van der Waals surface area contributed by atoms with Gasteiger partial charge in [0.2, 0.25) is 0 Å². The van der Waals surface area contributed by atoms with E-state index in [1.165, 1.54) is 20.2 Å². The van der Waals surface area contributed by atoms with E-state index in [1.54, 1.807) is 6.92 Å². The molecule has 1 saturated heterocycles. The highest BCUT2D eigenvalue weighted by Crippen LogP contribution is 2.17. The van der Waals surface area contributed by atoms with E-state index in [4.69, 9.17) is 0 Å². The summed E-state index contributed by atoms with van der Waals surface area (Å²) in [5.74, 6) is -1.16. The number of barbiturate groups is 1. The number of imide groups is 2. The number of allylic oxidation sites excluding steroid dienone is 2. The monoisotopic (exact) mass is 284 g/mol.